The van der Waals surface area contributed by atoms with Crippen molar-refractivity contribution in [3.63, 3.8) is 0 Å². The Hall–Kier alpha value is -2.74. The fourth-order valence-corrected chi connectivity index (χ4v) is 4.80. The van der Waals surface area contributed by atoms with Crippen LogP contribution in [-0.2, 0) is 11.3 Å². The molecule has 4 rings (SSSR count). The highest BCUT2D eigenvalue weighted by Crippen LogP contribution is 2.26. The Labute approximate surface area is 200 Å². The molecular weight excluding hydrogens is 432 g/mol. The van der Waals surface area contributed by atoms with E-state index in [-0.39, 0.29) is 5.91 Å². The Bertz CT molecular complexity index is 1070. The first-order chi connectivity index (χ1) is 16.0. The number of aromatic nitrogens is 1. The van der Waals surface area contributed by atoms with Gasteiger partial charge in [-0.3, -0.25) is 14.6 Å². The van der Waals surface area contributed by atoms with Gasteiger partial charge in [-0.1, -0.05) is 12.1 Å². The number of hydrogen-bond acceptors (Lipinski definition) is 6. The van der Waals surface area contributed by atoms with Gasteiger partial charge in [-0.05, 0) is 62.2 Å². The lowest BCUT2D eigenvalue weighted by Gasteiger charge is -2.33. The molecule has 0 spiro atoms. The van der Waals surface area contributed by atoms with Gasteiger partial charge in [0.05, 0.1) is 18.8 Å². The third-order valence-electron chi connectivity index (χ3n) is 6.06. The number of rotatable bonds is 8. The van der Waals surface area contributed by atoms with Crippen molar-refractivity contribution in [2.45, 2.75) is 27.3 Å². The van der Waals surface area contributed by atoms with Gasteiger partial charge >= 0.3 is 0 Å². The Morgan fingerprint density at radius 1 is 1.06 bits per heavy atom. The van der Waals surface area contributed by atoms with Gasteiger partial charge in [0, 0.05) is 49.4 Å². The van der Waals surface area contributed by atoms with E-state index in [2.05, 4.69) is 45.6 Å². The number of carbonyl (C=O) groups is 1. The van der Waals surface area contributed by atoms with Crippen molar-refractivity contribution in [1.82, 2.24) is 14.8 Å². The third kappa shape index (κ3) is 6.19. The van der Waals surface area contributed by atoms with Gasteiger partial charge in [-0.15, -0.1) is 11.3 Å². The average Bonchev–Trinajstić information content (AvgIpc) is 3.27. The molecule has 0 atom stereocenters. The SMILES string of the molecule is CCOc1ccc(-c2nc(CN3CCN(CC(=O)Nc4cccc(C)c4C)CC3)cs2)cc1. The van der Waals surface area contributed by atoms with Crippen LogP contribution in [0.4, 0.5) is 5.69 Å². The summed E-state index contributed by atoms with van der Waals surface area (Å²) in [5.41, 5.74) is 5.45. The summed E-state index contributed by atoms with van der Waals surface area (Å²) in [4.78, 5) is 22.0. The number of aryl methyl sites for hydroxylation is 1. The van der Waals surface area contributed by atoms with Gasteiger partial charge < -0.3 is 10.1 Å². The van der Waals surface area contributed by atoms with Crippen molar-refractivity contribution in [1.29, 1.82) is 0 Å². The summed E-state index contributed by atoms with van der Waals surface area (Å²) in [7, 11) is 0. The molecule has 1 fully saturated rings. The zero-order valence-corrected chi connectivity index (χ0v) is 20.5. The Morgan fingerprint density at radius 3 is 2.52 bits per heavy atom. The molecule has 2 aromatic carbocycles. The second-order valence-electron chi connectivity index (χ2n) is 8.45. The van der Waals surface area contributed by atoms with Crippen LogP contribution < -0.4 is 10.1 Å². The van der Waals surface area contributed by atoms with E-state index >= 15 is 0 Å². The number of hydrogen-bond donors (Lipinski definition) is 1. The number of anilines is 1. The highest BCUT2D eigenvalue weighted by molar-refractivity contribution is 7.13. The van der Waals surface area contributed by atoms with Gasteiger partial charge in [-0.2, -0.15) is 0 Å². The molecule has 0 saturated carbocycles. The first-order valence-electron chi connectivity index (χ1n) is 11.5. The summed E-state index contributed by atoms with van der Waals surface area (Å²) in [5, 5.41) is 6.25. The smallest absolute Gasteiger partial charge is 0.238 e. The zero-order chi connectivity index (χ0) is 23.2. The van der Waals surface area contributed by atoms with E-state index in [4.69, 9.17) is 9.72 Å². The molecule has 1 aromatic heterocycles. The Balaban J connectivity index is 1.24. The summed E-state index contributed by atoms with van der Waals surface area (Å²) in [6.07, 6.45) is 0. The maximum atomic E-state index is 12.5. The van der Waals surface area contributed by atoms with Crippen LogP contribution >= 0.6 is 11.3 Å². The number of ether oxygens (including phenoxy) is 1. The van der Waals surface area contributed by atoms with Crippen LogP contribution in [0.1, 0.15) is 23.7 Å². The predicted octanol–water partition coefficient (Wildman–Crippen LogP) is 4.58. The lowest BCUT2D eigenvalue weighted by Crippen LogP contribution is -2.48. The van der Waals surface area contributed by atoms with Crippen LogP contribution in [0.25, 0.3) is 10.6 Å². The van der Waals surface area contributed by atoms with E-state index in [0.29, 0.717) is 13.2 Å². The van der Waals surface area contributed by atoms with E-state index in [1.54, 1.807) is 11.3 Å². The predicted molar refractivity (Wildman–Crippen MR) is 135 cm³/mol. The molecule has 1 N–H and O–H groups in total. The minimum Gasteiger partial charge on any atom is -0.494 e. The molecule has 2 heterocycles. The second kappa shape index (κ2) is 10.9. The van der Waals surface area contributed by atoms with Crippen LogP contribution in [0.3, 0.4) is 0 Å². The zero-order valence-electron chi connectivity index (χ0n) is 19.6. The largest absolute Gasteiger partial charge is 0.494 e. The molecule has 3 aromatic rings. The van der Waals surface area contributed by atoms with Crippen molar-refractivity contribution >= 4 is 22.9 Å². The van der Waals surface area contributed by atoms with E-state index < -0.39 is 0 Å². The summed E-state index contributed by atoms with van der Waals surface area (Å²) in [6.45, 7) is 11.7. The van der Waals surface area contributed by atoms with Crippen molar-refractivity contribution in [2.75, 3.05) is 44.6 Å². The minimum absolute atomic E-state index is 0.0525. The number of piperazine rings is 1. The number of nitrogens with zero attached hydrogens (tertiary/aromatic N) is 3. The van der Waals surface area contributed by atoms with Crippen molar-refractivity contribution < 1.29 is 9.53 Å². The Morgan fingerprint density at radius 2 is 1.79 bits per heavy atom. The quantitative estimate of drug-likeness (QED) is 0.529. The normalized spacial score (nSPS) is 14.9. The molecule has 1 aliphatic heterocycles. The lowest BCUT2D eigenvalue weighted by atomic mass is 10.1. The topological polar surface area (TPSA) is 57.7 Å². The molecule has 33 heavy (non-hydrogen) atoms. The van der Waals surface area contributed by atoms with Gasteiger partial charge in [0.2, 0.25) is 5.91 Å². The van der Waals surface area contributed by atoms with Gasteiger partial charge in [0.25, 0.3) is 0 Å². The first kappa shape index (κ1) is 23.4. The van der Waals surface area contributed by atoms with Gasteiger partial charge in [-0.25, -0.2) is 4.98 Å². The molecule has 6 nitrogen and oxygen atoms in total. The number of amides is 1. The summed E-state index contributed by atoms with van der Waals surface area (Å²) < 4.78 is 5.52. The molecule has 7 heteroatoms. The van der Waals surface area contributed by atoms with Crippen molar-refractivity contribution in [2.24, 2.45) is 0 Å². The molecular formula is C26H32N4O2S. The Kier molecular flexibility index (Phi) is 7.75. The fraction of sp³-hybridized carbons (Fsp3) is 0.385. The summed E-state index contributed by atoms with van der Waals surface area (Å²) in [5.74, 6) is 0.940. The van der Waals surface area contributed by atoms with E-state index in [1.807, 2.05) is 38.1 Å². The number of nitrogens with one attached hydrogen (secondary N) is 1. The highest BCUT2D eigenvalue weighted by Gasteiger charge is 2.20. The summed E-state index contributed by atoms with van der Waals surface area (Å²) >= 11 is 1.68. The highest BCUT2D eigenvalue weighted by atomic mass is 32.1. The van der Waals surface area contributed by atoms with Crippen LogP contribution in [0.5, 0.6) is 5.75 Å². The molecule has 0 unspecified atom stereocenters. The average molecular weight is 465 g/mol. The molecule has 174 valence electrons. The second-order valence-corrected chi connectivity index (χ2v) is 9.31. The van der Waals surface area contributed by atoms with Crippen LogP contribution in [-0.4, -0.2) is 60.0 Å². The van der Waals surface area contributed by atoms with Crippen LogP contribution in [0.15, 0.2) is 47.8 Å². The van der Waals surface area contributed by atoms with Gasteiger partial charge in [0.1, 0.15) is 10.8 Å². The van der Waals surface area contributed by atoms with Crippen molar-refractivity contribution in [3.05, 3.63) is 64.7 Å². The van der Waals surface area contributed by atoms with Gasteiger partial charge in [0.15, 0.2) is 0 Å². The van der Waals surface area contributed by atoms with Crippen molar-refractivity contribution in [3.8, 4) is 16.3 Å². The maximum absolute atomic E-state index is 12.5. The molecule has 0 aliphatic carbocycles. The monoisotopic (exact) mass is 464 g/mol. The van der Waals surface area contributed by atoms with E-state index in [1.165, 1.54) is 5.56 Å². The molecule has 1 saturated heterocycles. The molecule has 1 aliphatic rings. The van der Waals surface area contributed by atoms with E-state index in [9.17, 15) is 4.79 Å². The number of thiazole rings is 1. The maximum Gasteiger partial charge on any atom is 0.238 e. The molecule has 0 bridgehead atoms. The summed E-state index contributed by atoms with van der Waals surface area (Å²) in [6, 6.07) is 14.1. The molecule has 1 amide bonds. The third-order valence-corrected chi connectivity index (χ3v) is 7.00. The number of carbonyl (C=O) groups excluding carboxylic acids is 1. The van der Waals surface area contributed by atoms with E-state index in [0.717, 1.165) is 66.0 Å². The molecule has 0 radical (unpaired) electrons. The minimum atomic E-state index is 0.0525. The standard InChI is InChI=1S/C26H32N4O2S/c1-4-32-23-10-8-21(9-11-23)26-27-22(18-33-26)16-29-12-14-30(15-13-29)17-25(31)28-24-7-5-6-19(2)20(24)3/h5-11,18H,4,12-17H2,1-3H3,(H,28,31). The lowest BCUT2D eigenvalue weighted by molar-refractivity contribution is -0.117. The van der Waals surface area contributed by atoms with Crippen LogP contribution in [0, 0.1) is 13.8 Å². The fourth-order valence-electron chi connectivity index (χ4n) is 3.99. The van der Waals surface area contributed by atoms with Crippen LogP contribution in [0.2, 0.25) is 0 Å². The first-order valence-corrected chi connectivity index (χ1v) is 12.4. The number of benzene rings is 2.